The number of benzene rings is 1. The minimum absolute atomic E-state index is 0.0903. The molecule has 1 aromatic carbocycles. The minimum atomic E-state index is -1.15. The molecule has 0 aromatic heterocycles. The van der Waals surface area contributed by atoms with E-state index in [0.717, 1.165) is 5.56 Å². The number of hydrogen-bond acceptors (Lipinski definition) is 5. The van der Waals surface area contributed by atoms with Gasteiger partial charge < -0.3 is 20.6 Å². The third kappa shape index (κ3) is 4.42. The fraction of sp³-hybridized carbons (Fsp3) is 0.545. The summed E-state index contributed by atoms with van der Waals surface area (Å²) in [5, 5.41) is 14.1. The monoisotopic (exact) mass is 447 g/mol. The molecule has 1 fully saturated rings. The van der Waals surface area contributed by atoms with Crippen LogP contribution in [0.2, 0.25) is 0 Å². The molecular formula is C22H29N3O5S. The van der Waals surface area contributed by atoms with Crippen LogP contribution in [0.3, 0.4) is 0 Å². The number of amides is 3. The highest BCUT2D eigenvalue weighted by molar-refractivity contribution is 8.01. The molecule has 3 N–H and O–H groups in total. The summed E-state index contributed by atoms with van der Waals surface area (Å²) in [5.41, 5.74) is 1.49. The van der Waals surface area contributed by atoms with Gasteiger partial charge in [-0.15, -0.1) is 11.8 Å². The molecule has 2 aliphatic rings. The smallest absolute Gasteiger partial charge is 0.325 e. The fourth-order valence-corrected chi connectivity index (χ4v) is 5.72. The molecule has 0 bridgehead atoms. The van der Waals surface area contributed by atoms with E-state index in [2.05, 4.69) is 10.6 Å². The number of hydrogen-bond donors (Lipinski definition) is 3. The summed E-state index contributed by atoms with van der Waals surface area (Å²) in [6.45, 7) is 9.04. The van der Waals surface area contributed by atoms with Gasteiger partial charge in [0.2, 0.25) is 11.8 Å². The second kappa shape index (κ2) is 8.53. The van der Waals surface area contributed by atoms with E-state index in [9.17, 15) is 19.2 Å². The minimum Gasteiger partial charge on any atom is -0.480 e. The first-order valence-electron chi connectivity index (χ1n) is 10.4. The zero-order valence-electron chi connectivity index (χ0n) is 18.3. The lowest BCUT2D eigenvalue weighted by atomic mass is 9.98. The maximum absolute atomic E-state index is 13.4. The van der Waals surface area contributed by atoms with Crippen molar-refractivity contribution in [2.45, 2.75) is 69.3 Å². The van der Waals surface area contributed by atoms with Gasteiger partial charge in [-0.1, -0.05) is 32.0 Å². The molecule has 0 aliphatic carbocycles. The Morgan fingerprint density at radius 1 is 1.16 bits per heavy atom. The zero-order chi connectivity index (χ0) is 23.1. The summed E-state index contributed by atoms with van der Waals surface area (Å²) in [6.07, 6.45) is 0.349. The van der Waals surface area contributed by atoms with E-state index < -0.39 is 40.7 Å². The van der Waals surface area contributed by atoms with Crippen LogP contribution in [-0.2, 0) is 14.4 Å². The Morgan fingerprint density at radius 2 is 1.81 bits per heavy atom. The van der Waals surface area contributed by atoms with Crippen molar-refractivity contribution in [2.75, 3.05) is 0 Å². The maximum Gasteiger partial charge on any atom is 0.325 e. The van der Waals surface area contributed by atoms with Crippen molar-refractivity contribution in [3.05, 3.63) is 35.4 Å². The first-order chi connectivity index (χ1) is 14.4. The Morgan fingerprint density at radius 3 is 2.42 bits per heavy atom. The highest BCUT2D eigenvalue weighted by Crippen LogP contribution is 2.56. The van der Waals surface area contributed by atoms with Gasteiger partial charge in [-0.2, -0.15) is 0 Å². The highest BCUT2D eigenvalue weighted by atomic mass is 32.2. The lowest BCUT2D eigenvalue weighted by molar-refractivity contribution is -0.141. The predicted molar refractivity (Wildman–Crippen MR) is 117 cm³/mol. The molecule has 3 amide bonds. The first-order valence-corrected chi connectivity index (χ1v) is 11.2. The van der Waals surface area contributed by atoms with Gasteiger partial charge in [-0.05, 0) is 44.7 Å². The van der Waals surface area contributed by atoms with E-state index >= 15 is 0 Å². The van der Waals surface area contributed by atoms with Crippen molar-refractivity contribution < 1.29 is 24.3 Å². The molecule has 0 saturated carbocycles. The molecule has 2 aliphatic heterocycles. The van der Waals surface area contributed by atoms with Crippen LogP contribution in [0.15, 0.2) is 24.3 Å². The second-order valence-corrected chi connectivity index (χ2v) is 10.8. The third-order valence-electron chi connectivity index (χ3n) is 5.61. The van der Waals surface area contributed by atoms with E-state index in [1.54, 1.807) is 28.8 Å². The van der Waals surface area contributed by atoms with Gasteiger partial charge in [0.05, 0.1) is 0 Å². The van der Waals surface area contributed by atoms with Gasteiger partial charge in [0.25, 0.3) is 5.91 Å². The summed E-state index contributed by atoms with van der Waals surface area (Å²) in [4.78, 5) is 51.9. The molecule has 168 valence electrons. The van der Waals surface area contributed by atoms with E-state index in [4.69, 9.17) is 5.11 Å². The molecule has 1 saturated heterocycles. The maximum atomic E-state index is 13.4. The van der Waals surface area contributed by atoms with E-state index in [1.165, 1.54) is 6.92 Å². The molecule has 9 heteroatoms. The topological polar surface area (TPSA) is 116 Å². The number of carbonyl (C=O) groups excluding carboxylic acids is 3. The highest BCUT2D eigenvalue weighted by Gasteiger charge is 2.57. The van der Waals surface area contributed by atoms with Crippen molar-refractivity contribution >= 4 is 35.5 Å². The SMILES string of the molecule is CC(C)C[C@H](NC(=O)[C@H]1N2C(=O)c3ccccc3[C@H]2SC1(C)C)C(=O)N[C@@H](C)C(=O)O. The van der Waals surface area contributed by atoms with Crippen molar-refractivity contribution in [3.63, 3.8) is 0 Å². The van der Waals surface area contributed by atoms with E-state index in [-0.39, 0.29) is 17.2 Å². The van der Waals surface area contributed by atoms with E-state index in [1.807, 2.05) is 39.8 Å². The zero-order valence-corrected chi connectivity index (χ0v) is 19.2. The summed E-state index contributed by atoms with van der Waals surface area (Å²) >= 11 is 1.55. The number of nitrogens with one attached hydrogen (secondary N) is 2. The Hall–Kier alpha value is -2.55. The van der Waals surface area contributed by atoms with Gasteiger partial charge in [0.1, 0.15) is 23.5 Å². The lowest BCUT2D eigenvalue weighted by Crippen LogP contribution is -2.58. The Kier molecular flexibility index (Phi) is 6.36. The van der Waals surface area contributed by atoms with Crippen LogP contribution in [0.4, 0.5) is 0 Å². The Bertz CT molecular complexity index is 916. The predicted octanol–water partition coefficient (Wildman–Crippen LogP) is 2.16. The average molecular weight is 448 g/mol. The standard InChI is InChI=1S/C22H29N3O5S/c1-11(2)10-15(17(26)23-12(3)21(29)30)24-18(27)16-22(4,5)31-20-14-9-7-6-8-13(14)19(28)25(16)20/h6-9,11-12,15-16,20H,10H2,1-5H3,(H,23,26)(H,24,27)(H,29,30)/t12-,15-,16+,20+/m0/s1. The quantitative estimate of drug-likeness (QED) is 0.590. The first kappa shape index (κ1) is 23.1. The van der Waals surface area contributed by atoms with Crippen LogP contribution in [0.5, 0.6) is 0 Å². The molecule has 0 spiro atoms. The fourth-order valence-electron chi connectivity index (χ4n) is 4.13. The second-order valence-electron chi connectivity index (χ2n) is 9.04. The number of carboxylic acid groups (broad SMARTS) is 1. The average Bonchev–Trinajstić information content (AvgIpc) is 3.10. The number of thioether (sulfide) groups is 1. The summed E-state index contributed by atoms with van der Waals surface area (Å²) in [7, 11) is 0. The molecular weight excluding hydrogens is 418 g/mol. The summed E-state index contributed by atoms with van der Waals surface area (Å²) < 4.78 is -0.564. The molecule has 2 heterocycles. The van der Waals surface area contributed by atoms with Crippen LogP contribution in [0, 0.1) is 5.92 Å². The van der Waals surface area contributed by atoms with Crippen LogP contribution in [0.1, 0.15) is 62.3 Å². The Labute approximate surface area is 186 Å². The van der Waals surface area contributed by atoms with Crippen molar-refractivity contribution in [1.82, 2.24) is 15.5 Å². The third-order valence-corrected chi connectivity index (χ3v) is 7.15. The number of rotatable bonds is 7. The van der Waals surface area contributed by atoms with Gasteiger partial charge in [-0.3, -0.25) is 19.2 Å². The molecule has 0 radical (unpaired) electrons. The van der Waals surface area contributed by atoms with Crippen LogP contribution in [-0.4, -0.2) is 56.6 Å². The number of fused-ring (bicyclic) bond motifs is 3. The molecule has 0 unspecified atom stereocenters. The van der Waals surface area contributed by atoms with Crippen molar-refractivity contribution in [1.29, 1.82) is 0 Å². The number of aliphatic carboxylic acids is 1. The molecule has 31 heavy (non-hydrogen) atoms. The van der Waals surface area contributed by atoms with Crippen LogP contribution >= 0.6 is 11.8 Å². The van der Waals surface area contributed by atoms with Gasteiger partial charge in [-0.25, -0.2) is 0 Å². The normalized spacial score (nSPS) is 23.2. The van der Waals surface area contributed by atoms with Crippen molar-refractivity contribution in [3.8, 4) is 0 Å². The Balaban J connectivity index is 1.83. The van der Waals surface area contributed by atoms with Crippen LogP contribution < -0.4 is 10.6 Å². The number of nitrogens with zero attached hydrogens (tertiary/aromatic N) is 1. The van der Waals surface area contributed by atoms with Crippen LogP contribution in [0.25, 0.3) is 0 Å². The molecule has 1 aromatic rings. The van der Waals surface area contributed by atoms with Gasteiger partial charge >= 0.3 is 5.97 Å². The molecule has 3 rings (SSSR count). The van der Waals surface area contributed by atoms with Gasteiger partial charge in [0, 0.05) is 10.3 Å². The summed E-state index contributed by atoms with van der Waals surface area (Å²) in [6, 6.07) is 4.62. The number of carbonyl (C=O) groups is 4. The lowest BCUT2D eigenvalue weighted by Gasteiger charge is -2.31. The number of carboxylic acids is 1. The molecule has 4 atom stereocenters. The van der Waals surface area contributed by atoms with Gasteiger partial charge in [0.15, 0.2) is 0 Å². The largest absolute Gasteiger partial charge is 0.480 e. The molecule has 8 nitrogen and oxygen atoms in total. The van der Waals surface area contributed by atoms with Crippen molar-refractivity contribution in [2.24, 2.45) is 5.92 Å². The summed E-state index contributed by atoms with van der Waals surface area (Å²) in [5.74, 6) is -2.21. The van der Waals surface area contributed by atoms with E-state index in [0.29, 0.717) is 12.0 Å².